The van der Waals surface area contributed by atoms with E-state index in [1.54, 1.807) is 0 Å². The monoisotopic (exact) mass is 304 g/mol. The van der Waals surface area contributed by atoms with Crippen LogP contribution in [0.2, 0.25) is 6.04 Å². The van der Waals surface area contributed by atoms with Gasteiger partial charge in [0.1, 0.15) is 0 Å². The topological polar surface area (TPSA) is 0 Å². The Morgan fingerprint density at radius 1 is 0.789 bits per heavy atom. The molecule has 0 spiro atoms. The Labute approximate surface area is 123 Å². The maximum absolute atomic E-state index is 6.58. The van der Waals surface area contributed by atoms with Gasteiger partial charge in [-0.2, -0.15) is 0 Å². The lowest BCUT2D eigenvalue weighted by atomic mass is 10.0. The molecule has 0 fully saturated rings. The normalized spacial score (nSPS) is 12.2. The zero-order valence-corrected chi connectivity index (χ0v) is 13.2. The molecule has 0 N–H and O–H groups in total. The summed E-state index contributed by atoms with van der Waals surface area (Å²) in [5, 5.41) is 6.07. The van der Waals surface area contributed by atoms with Crippen molar-refractivity contribution in [1.29, 1.82) is 0 Å². The molecule has 3 aromatic rings. The number of hydrogen-bond donors (Lipinski definition) is 0. The van der Waals surface area contributed by atoms with Crippen molar-refractivity contribution in [3.8, 4) is 0 Å². The fourth-order valence-corrected chi connectivity index (χ4v) is 4.87. The van der Waals surface area contributed by atoms with Gasteiger partial charge in [-0.05, 0) is 32.8 Å². The van der Waals surface area contributed by atoms with Crippen molar-refractivity contribution in [2.45, 2.75) is 13.0 Å². The van der Waals surface area contributed by atoms with Gasteiger partial charge in [-0.3, -0.25) is 0 Å². The van der Waals surface area contributed by atoms with Crippen LogP contribution in [0.3, 0.4) is 0 Å². The van der Waals surface area contributed by atoms with E-state index in [2.05, 4.69) is 61.5 Å². The van der Waals surface area contributed by atoms with Crippen molar-refractivity contribution < 1.29 is 0 Å². The highest BCUT2D eigenvalue weighted by Gasteiger charge is 2.30. The summed E-state index contributed by atoms with van der Waals surface area (Å²) in [5.74, 6) is 0. The fourth-order valence-electron chi connectivity index (χ4n) is 2.55. The van der Waals surface area contributed by atoms with E-state index in [0.29, 0.717) is 0 Å². The first-order valence-corrected chi connectivity index (χ1v) is 10.7. The molecule has 0 unspecified atom stereocenters. The summed E-state index contributed by atoms with van der Waals surface area (Å²) in [6.07, 6.45) is 0. The molecule has 0 saturated carbocycles. The zero-order valence-electron chi connectivity index (χ0n) is 10.7. The lowest BCUT2D eigenvalue weighted by Crippen LogP contribution is -2.35. The number of rotatable bonds is 2. The van der Waals surface area contributed by atoms with Crippen molar-refractivity contribution in [1.82, 2.24) is 0 Å². The van der Waals surface area contributed by atoms with Gasteiger partial charge in [0.15, 0.2) is 0 Å². The van der Waals surface area contributed by atoms with Gasteiger partial charge in [0.05, 0.1) is 0 Å². The summed E-state index contributed by atoms with van der Waals surface area (Å²) in [6.45, 7) is -0.299. The van der Waals surface area contributed by atoms with Gasteiger partial charge < -0.3 is 0 Å². The first-order valence-electron chi connectivity index (χ1n) is 6.42. The molecule has 3 heteroatoms. The summed E-state index contributed by atoms with van der Waals surface area (Å²) >= 11 is 13.2. The van der Waals surface area contributed by atoms with Crippen LogP contribution in [0.15, 0.2) is 54.6 Å². The molecule has 0 aliphatic carbocycles. The first-order chi connectivity index (χ1) is 9.13. The van der Waals surface area contributed by atoms with E-state index in [9.17, 15) is 0 Å². The molecule has 0 aromatic heterocycles. The molecule has 0 aliphatic heterocycles. The van der Waals surface area contributed by atoms with E-state index in [-0.39, 0.29) is 0 Å². The van der Waals surface area contributed by atoms with E-state index < -0.39 is 6.69 Å². The third-order valence-electron chi connectivity index (χ3n) is 3.62. The maximum atomic E-state index is 6.58. The minimum Gasteiger partial charge on any atom is -0.140 e. The number of fused-ring (bicyclic) bond motifs is 3. The second-order valence-electron chi connectivity index (χ2n) is 4.75. The maximum Gasteiger partial charge on any atom is 0.281 e. The molecule has 0 atom stereocenters. The number of benzene rings is 3. The van der Waals surface area contributed by atoms with Gasteiger partial charge in [-0.25, -0.2) is 0 Å². The van der Waals surface area contributed by atoms with E-state index in [1.807, 2.05) is 0 Å². The van der Waals surface area contributed by atoms with Gasteiger partial charge in [0.25, 0.3) is 6.69 Å². The molecule has 96 valence electrons. The summed E-state index contributed by atoms with van der Waals surface area (Å²) in [6, 6.07) is 19.8. The quantitative estimate of drug-likeness (QED) is 0.349. The standard InChI is InChI=1S/C16H14Cl2Si/c1-2-19(17,18)16-9-5-8-14-13-7-4-3-6-12(13)10-11-15(14)16/h3-11H,2H2,1H3. The lowest BCUT2D eigenvalue weighted by Gasteiger charge is -2.18. The Morgan fingerprint density at radius 2 is 1.53 bits per heavy atom. The molecule has 0 radical (unpaired) electrons. The summed E-state index contributed by atoms with van der Waals surface area (Å²) in [7, 11) is 0. The third-order valence-corrected chi connectivity index (χ3v) is 8.56. The van der Waals surface area contributed by atoms with Crippen molar-refractivity contribution in [2.75, 3.05) is 0 Å². The predicted molar refractivity (Wildman–Crippen MR) is 89.0 cm³/mol. The molecular formula is C16H14Cl2Si. The predicted octanol–water partition coefficient (Wildman–Crippen LogP) is 5.14. The van der Waals surface area contributed by atoms with E-state index in [1.165, 1.54) is 21.5 Å². The molecule has 0 bridgehead atoms. The lowest BCUT2D eigenvalue weighted by molar-refractivity contribution is 1.45. The van der Waals surface area contributed by atoms with Crippen LogP contribution in [-0.2, 0) is 0 Å². The molecule has 19 heavy (non-hydrogen) atoms. The van der Waals surface area contributed by atoms with Gasteiger partial charge in [-0.1, -0.05) is 61.5 Å². The molecule has 0 heterocycles. The van der Waals surface area contributed by atoms with E-state index in [4.69, 9.17) is 22.2 Å². The highest BCUT2D eigenvalue weighted by molar-refractivity contribution is 7.51. The van der Waals surface area contributed by atoms with Gasteiger partial charge in [-0.15, -0.1) is 22.2 Å². The highest BCUT2D eigenvalue weighted by atomic mass is 35.7. The zero-order chi connectivity index (χ0) is 13.5. The Balaban J connectivity index is 2.42. The Bertz CT molecular complexity index is 750. The van der Waals surface area contributed by atoms with Crippen LogP contribution in [0.4, 0.5) is 0 Å². The average Bonchev–Trinajstić information content (AvgIpc) is 2.46. The van der Waals surface area contributed by atoms with Crippen LogP contribution >= 0.6 is 22.2 Å². The van der Waals surface area contributed by atoms with Gasteiger partial charge in [0, 0.05) is 0 Å². The Morgan fingerprint density at radius 3 is 2.32 bits per heavy atom. The van der Waals surface area contributed by atoms with Gasteiger partial charge >= 0.3 is 0 Å². The fraction of sp³-hybridized carbons (Fsp3) is 0.125. The average molecular weight is 305 g/mol. The molecule has 3 rings (SSSR count). The van der Waals surface area contributed by atoms with Crippen LogP contribution in [0, 0.1) is 0 Å². The molecule has 0 saturated heterocycles. The third kappa shape index (κ3) is 2.16. The summed E-state index contributed by atoms with van der Waals surface area (Å²) < 4.78 is 0. The van der Waals surface area contributed by atoms with Crippen LogP contribution in [0.25, 0.3) is 21.5 Å². The molecule has 0 amide bonds. The summed E-state index contributed by atoms with van der Waals surface area (Å²) in [5.41, 5.74) is 0. The SMILES string of the molecule is CC[Si](Cl)(Cl)c1cccc2c1ccc1ccccc12. The molecule has 0 nitrogen and oxygen atoms in total. The van der Waals surface area contributed by atoms with Crippen LogP contribution in [0.5, 0.6) is 0 Å². The Kier molecular flexibility index (Phi) is 3.30. The van der Waals surface area contributed by atoms with Crippen molar-refractivity contribution >= 4 is 55.6 Å². The number of halogens is 2. The van der Waals surface area contributed by atoms with E-state index in [0.717, 1.165) is 11.2 Å². The molecule has 0 aliphatic rings. The second kappa shape index (κ2) is 4.82. The molecule has 3 aromatic carbocycles. The largest absolute Gasteiger partial charge is 0.281 e. The summed E-state index contributed by atoms with van der Waals surface area (Å²) in [4.78, 5) is 0. The Hall–Kier alpha value is -1.02. The minimum absolute atomic E-state index is 0.821. The highest BCUT2D eigenvalue weighted by Crippen LogP contribution is 2.28. The van der Waals surface area contributed by atoms with E-state index >= 15 is 0 Å². The first kappa shape index (κ1) is 13.0. The van der Waals surface area contributed by atoms with Crippen molar-refractivity contribution in [3.63, 3.8) is 0 Å². The van der Waals surface area contributed by atoms with Crippen molar-refractivity contribution in [3.05, 3.63) is 54.6 Å². The second-order valence-corrected chi connectivity index (χ2v) is 11.9. The molecular weight excluding hydrogens is 291 g/mol. The van der Waals surface area contributed by atoms with Crippen molar-refractivity contribution in [2.24, 2.45) is 0 Å². The van der Waals surface area contributed by atoms with Crippen LogP contribution in [0.1, 0.15) is 6.92 Å². The smallest absolute Gasteiger partial charge is 0.140 e. The minimum atomic E-state index is -2.36. The number of hydrogen-bond acceptors (Lipinski definition) is 0. The van der Waals surface area contributed by atoms with Crippen LogP contribution in [-0.4, -0.2) is 6.69 Å². The van der Waals surface area contributed by atoms with Gasteiger partial charge in [0.2, 0.25) is 0 Å². The van der Waals surface area contributed by atoms with Crippen LogP contribution < -0.4 is 5.19 Å².